The second kappa shape index (κ2) is 6.19. The molecule has 0 radical (unpaired) electrons. The zero-order chi connectivity index (χ0) is 12.0. The molecule has 16 heavy (non-hydrogen) atoms. The number of nitrogens with one attached hydrogen (secondary N) is 2. The van der Waals surface area contributed by atoms with Crippen molar-refractivity contribution in [3.8, 4) is 0 Å². The van der Waals surface area contributed by atoms with Gasteiger partial charge in [0.1, 0.15) is 0 Å². The zero-order valence-corrected chi connectivity index (χ0v) is 9.36. The Morgan fingerprint density at radius 3 is 2.88 bits per heavy atom. The van der Waals surface area contributed by atoms with Gasteiger partial charge in [-0.1, -0.05) is 5.16 Å². The number of nitrogens with zero attached hydrogens (tertiary/aromatic N) is 2. The minimum absolute atomic E-state index is 0.0352. The van der Waals surface area contributed by atoms with Gasteiger partial charge in [0, 0.05) is 26.6 Å². The molecule has 0 saturated carbocycles. The van der Waals surface area contributed by atoms with Crippen LogP contribution >= 0.6 is 0 Å². The number of aryl methyl sites for hydroxylation is 1. The highest BCUT2D eigenvalue weighted by molar-refractivity contribution is 5.90. The van der Waals surface area contributed by atoms with E-state index in [0.29, 0.717) is 25.5 Å². The average Bonchev–Trinajstić information content (AvgIpc) is 2.63. The van der Waals surface area contributed by atoms with Crippen molar-refractivity contribution in [2.75, 3.05) is 19.6 Å². The molecule has 0 aliphatic heterocycles. The van der Waals surface area contributed by atoms with E-state index in [0.717, 1.165) is 0 Å². The number of amides is 1. The molecule has 0 spiro atoms. The Kier molecular flexibility index (Phi) is 4.87. The van der Waals surface area contributed by atoms with Gasteiger partial charge in [-0.25, -0.2) is 0 Å². The lowest BCUT2D eigenvalue weighted by Gasteiger charge is -2.06. The van der Waals surface area contributed by atoms with Gasteiger partial charge in [-0.05, 0) is 6.92 Å². The number of aromatic nitrogens is 2. The maximum absolute atomic E-state index is 11.4. The molecule has 1 unspecified atom stereocenters. The normalized spacial score (nSPS) is 12.4. The zero-order valence-electron chi connectivity index (χ0n) is 9.36. The number of hydrogen-bond acceptors (Lipinski definition) is 6. The summed E-state index contributed by atoms with van der Waals surface area (Å²) in [6.45, 7) is 4.82. The molecule has 90 valence electrons. The first-order valence-electron chi connectivity index (χ1n) is 5.07. The van der Waals surface area contributed by atoms with Gasteiger partial charge in [-0.15, -0.1) is 0 Å². The van der Waals surface area contributed by atoms with Crippen LogP contribution in [0.15, 0.2) is 4.52 Å². The quantitative estimate of drug-likeness (QED) is 0.544. The van der Waals surface area contributed by atoms with Crippen LogP contribution in [0.5, 0.6) is 0 Å². The Balaban J connectivity index is 2.16. The van der Waals surface area contributed by atoms with Crippen LogP contribution in [0.1, 0.15) is 23.4 Å². The van der Waals surface area contributed by atoms with Gasteiger partial charge in [0.15, 0.2) is 0 Å². The van der Waals surface area contributed by atoms with Crippen LogP contribution in [0.3, 0.4) is 0 Å². The molecule has 7 nitrogen and oxygen atoms in total. The SMILES string of the molecule is Cc1nc(C(=O)NCCNCC(C)O)no1. The van der Waals surface area contributed by atoms with E-state index < -0.39 is 6.10 Å². The third-order valence-corrected chi connectivity index (χ3v) is 1.76. The fourth-order valence-corrected chi connectivity index (χ4v) is 1.05. The molecule has 0 fully saturated rings. The topological polar surface area (TPSA) is 100 Å². The fourth-order valence-electron chi connectivity index (χ4n) is 1.05. The van der Waals surface area contributed by atoms with Crippen LogP contribution in [0.4, 0.5) is 0 Å². The van der Waals surface area contributed by atoms with Crippen LogP contribution in [0.2, 0.25) is 0 Å². The molecule has 0 bridgehead atoms. The summed E-state index contributed by atoms with van der Waals surface area (Å²) in [6.07, 6.45) is -0.393. The van der Waals surface area contributed by atoms with E-state index in [1.165, 1.54) is 0 Å². The second-order valence-electron chi connectivity index (χ2n) is 3.45. The van der Waals surface area contributed by atoms with E-state index in [1.807, 2.05) is 0 Å². The van der Waals surface area contributed by atoms with Gasteiger partial charge in [-0.2, -0.15) is 4.98 Å². The van der Waals surface area contributed by atoms with Gasteiger partial charge in [0.2, 0.25) is 5.89 Å². The molecule has 0 aliphatic rings. The molecule has 1 aromatic heterocycles. The van der Waals surface area contributed by atoms with Crippen molar-refractivity contribution in [2.45, 2.75) is 20.0 Å². The molecule has 1 amide bonds. The monoisotopic (exact) mass is 228 g/mol. The lowest BCUT2D eigenvalue weighted by Crippen LogP contribution is -2.34. The highest BCUT2D eigenvalue weighted by atomic mass is 16.5. The van der Waals surface area contributed by atoms with E-state index in [-0.39, 0.29) is 11.7 Å². The van der Waals surface area contributed by atoms with Crippen LogP contribution < -0.4 is 10.6 Å². The van der Waals surface area contributed by atoms with Gasteiger partial charge < -0.3 is 20.3 Å². The van der Waals surface area contributed by atoms with E-state index in [1.54, 1.807) is 13.8 Å². The third kappa shape index (κ3) is 4.37. The van der Waals surface area contributed by atoms with E-state index >= 15 is 0 Å². The maximum atomic E-state index is 11.4. The first-order valence-corrected chi connectivity index (χ1v) is 5.07. The molecule has 0 aromatic carbocycles. The van der Waals surface area contributed by atoms with Crippen molar-refractivity contribution in [1.29, 1.82) is 0 Å². The Morgan fingerprint density at radius 2 is 2.31 bits per heavy atom. The number of aliphatic hydroxyl groups is 1. The standard InChI is InChI=1S/C9H16N4O3/c1-6(14)5-10-3-4-11-9(15)8-12-7(2)16-13-8/h6,10,14H,3-5H2,1-2H3,(H,11,15). The van der Waals surface area contributed by atoms with Gasteiger partial charge in [0.05, 0.1) is 6.10 Å². The summed E-state index contributed by atoms with van der Waals surface area (Å²) in [6, 6.07) is 0. The highest BCUT2D eigenvalue weighted by Gasteiger charge is 2.11. The summed E-state index contributed by atoms with van der Waals surface area (Å²) in [7, 11) is 0. The predicted molar refractivity (Wildman–Crippen MR) is 55.9 cm³/mol. The highest BCUT2D eigenvalue weighted by Crippen LogP contribution is 1.93. The average molecular weight is 228 g/mol. The Bertz CT molecular complexity index is 337. The Hall–Kier alpha value is -1.47. The first-order chi connectivity index (χ1) is 7.59. The van der Waals surface area contributed by atoms with E-state index in [9.17, 15) is 4.79 Å². The van der Waals surface area contributed by atoms with Gasteiger partial charge in [-0.3, -0.25) is 4.79 Å². The largest absolute Gasteiger partial charge is 0.392 e. The Morgan fingerprint density at radius 1 is 1.56 bits per heavy atom. The molecular weight excluding hydrogens is 212 g/mol. The molecule has 3 N–H and O–H groups in total. The van der Waals surface area contributed by atoms with Crippen LogP contribution in [-0.4, -0.2) is 46.9 Å². The van der Waals surface area contributed by atoms with Crippen molar-refractivity contribution in [3.05, 3.63) is 11.7 Å². The molecular formula is C9H16N4O3. The number of rotatable bonds is 6. The van der Waals surface area contributed by atoms with Crippen molar-refractivity contribution in [2.24, 2.45) is 0 Å². The lowest BCUT2D eigenvalue weighted by atomic mass is 10.4. The van der Waals surface area contributed by atoms with Crippen LogP contribution in [0, 0.1) is 6.92 Å². The van der Waals surface area contributed by atoms with Crippen LogP contribution in [0.25, 0.3) is 0 Å². The molecule has 0 saturated heterocycles. The molecule has 1 atom stereocenters. The molecule has 1 aromatic rings. The summed E-state index contributed by atoms with van der Waals surface area (Å²) in [5, 5.41) is 18.0. The summed E-state index contributed by atoms with van der Waals surface area (Å²) in [5.41, 5.74) is 0. The van der Waals surface area contributed by atoms with Crippen molar-refractivity contribution in [1.82, 2.24) is 20.8 Å². The smallest absolute Gasteiger partial charge is 0.292 e. The summed E-state index contributed by atoms with van der Waals surface area (Å²) in [5.74, 6) is 0.0288. The third-order valence-electron chi connectivity index (χ3n) is 1.76. The molecule has 1 rings (SSSR count). The molecule has 7 heteroatoms. The van der Waals surface area contributed by atoms with E-state index in [2.05, 4.69) is 25.3 Å². The van der Waals surface area contributed by atoms with Crippen LogP contribution in [-0.2, 0) is 0 Å². The van der Waals surface area contributed by atoms with Crippen molar-refractivity contribution >= 4 is 5.91 Å². The van der Waals surface area contributed by atoms with Crippen molar-refractivity contribution < 1.29 is 14.4 Å². The number of carbonyl (C=O) groups excluding carboxylic acids is 1. The van der Waals surface area contributed by atoms with Gasteiger partial charge >= 0.3 is 0 Å². The summed E-state index contributed by atoms with van der Waals surface area (Å²) in [4.78, 5) is 15.2. The van der Waals surface area contributed by atoms with Crippen molar-refractivity contribution in [3.63, 3.8) is 0 Å². The Labute approximate surface area is 93.2 Å². The predicted octanol–water partition coefficient (Wildman–Crippen LogP) is -0.922. The summed E-state index contributed by atoms with van der Waals surface area (Å²) < 4.78 is 4.67. The molecule has 1 heterocycles. The second-order valence-corrected chi connectivity index (χ2v) is 3.45. The lowest BCUT2D eigenvalue weighted by molar-refractivity contribution is 0.0940. The number of hydrogen-bond donors (Lipinski definition) is 3. The maximum Gasteiger partial charge on any atom is 0.292 e. The van der Waals surface area contributed by atoms with E-state index in [4.69, 9.17) is 5.11 Å². The fraction of sp³-hybridized carbons (Fsp3) is 0.667. The minimum atomic E-state index is -0.393. The molecule has 0 aliphatic carbocycles. The number of carbonyl (C=O) groups is 1. The summed E-state index contributed by atoms with van der Waals surface area (Å²) >= 11 is 0. The first kappa shape index (κ1) is 12.6. The number of aliphatic hydroxyl groups excluding tert-OH is 1. The minimum Gasteiger partial charge on any atom is -0.392 e. The van der Waals surface area contributed by atoms with Gasteiger partial charge in [0.25, 0.3) is 11.7 Å².